The van der Waals surface area contributed by atoms with Gasteiger partial charge in [-0.3, -0.25) is 15.0 Å². The Labute approximate surface area is 124 Å². The van der Waals surface area contributed by atoms with E-state index in [0.717, 1.165) is 43.6 Å². The van der Waals surface area contributed by atoms with Crippen LogP contribution in [0, 0.1) is 10.1 Å². The summed E-state index contributed by atoms with van der Waals surface area (Å²) in [5.74, 6) is 0. The summed E-state index contributed by atoms with van der Waals surface area (Å²) in [6.45, 7) is 4.48. The zero-order valence-electron chi connectivity index (χ0n) is 12.4. The zero-order chi connectivity index (χ0) is 15.2. The third-order valence-corrected chi connectivity index (χ3v) is 4.00. The van der Waals surface area contributed by atoms with Gasteiger partial charge in [-0.15, -0.1) is 0 Å². The molecule has 1 unspecified atom stereocenters. The summed E-state index contributed by atoms with van der Waals surface area (Å²) in [4.78, 5) is 12.8. The normalized spacial score (nSPS) is 19.4. The SMILES string of the molecule is CCNc1ccc([N+](=O)[O-])cc1CN1CCCCC1CO. The Morgan fingerprint density at radius 3 is 2.95 bits per heavy atom. The van der Waals surface area contributed by atoms with E-state index in [1.165, 1.54) is 6.07 Å². The zero-order valence-corrected chi connectivity index (χ0v) is 12.4. The lowest BCUT2D eigenvalue weighted by Gasteiger charge is -2.35. The van der Waals surface area contributed by atoms with Crippen molar-refractivity contribution in [2.24, 2.45) is 0 Å². The van der Waals surface area contributed by atoms with Gasteiger partial charge in [0.05, 0.1) is 11.5 Å². The summed E-state index contributed by atoms with van der Waals surface area (Å²) in [6, 6.07) is 5.10. The Bertz CT molecular complexity index is 493. The monoisotopic (exact) mass is 293 g/mol. The summed E-state index contributed by atoms with van der Waals surface area (Å²) >= 11 is 0. The minimum atomic E-state index is -0.362. The average Bonchev–Trinajstić information content (AvgIpc) is 2.49. The maximum atomic E-state index is 11.0. The molecule has 0 spiro atoms. The Morgan fingerprint density at radius 1 is 1.48 bits per heavy atom. The number of rotatable bonds is 6. The van der Waals surface area contributed by atoms with E-state index in [4.69, 9.17) is 0 Å². The van der Waals surface area contributed by atoms with Crippen molar-refractivity contribution in [3.63, 3.8) is 0 Å². The Kier molecular flexibility index (Phi) is 5.52. The van der Waals surface area contributed by atoms with E-state index < -0.39 is 0 Å². The summed E-state index contributed by atoms with van der Waals surface area (Å²) in [5.41, 5.74) is 1.97. The first kappa shape index (κ1) is 15.7. The van der Waals surface area contributed by atoms with Gasteiger partial charge in [0.25, 0.3) is 5.69 Å². The van der Waals surface area contributed by atoms with Crippen LogP contribution in [0.25, 0.3) is 0 Å². The second kappa shape index (κ2) is 7.38. The molecule has 0 amide bonds. The second-order valence-electron chi connectivity index (χ2n) is 5.43. The molecule has 2 N–H and O–H groups in total. The molecule has 1 aliphatic heterocycles. The standard InChI is InChI=1S/C15H23N3O3/c1-2-16-15-7-6-13(18(20)21)9-12(15)10-17-8-4-3-5-14(17)11-19/h6-7,9,14,16,19H,2-5,8,10-11H2,1H3. The van der Waals surface area contributed by atoms with Crippen molar-refractivity contribution in [3.8, 4) is 0 Å². The molecule has 1 aromatic carbocycles. The minimum absolute atomic E-state index is 0.115. The van der Waals surface area contributed by atoms with Crippen molar-refractivity contribution >= 4 is 11.4 Å². The number of nitrogens with zero attached hydrogens (tertiary/aromatic N) is 2. The van der Waals surface area contributed by atoms with E-state index in [1.807, 2.05) is 6.92 Å². The van der Waals surface area contributed by atoms with Crippen molar-refractivity contribution in [2.45, 2.75) is 38.8 Å². The number of nitro groups is 1. The molecule has 116 valence electrons. The summed E-state index contributed by atoms with van der Waals surface area (Å²) < 4.78 is 0. The molecule has 0 radical (unpaired) electrons. The molecule has 0 saturated carbocycles. The van der Waals surface area contributed by atoms with Crippen LogP contribution >= 0.6 is 0 Å². The summed E-state index contributed by atoms with van der Waals surface area (Å²) in [5, 5.41) is 23.7. The molecule has 0 aromatic heterocycles. The van der Waals surface area contributed by atoms with Gasteiger partial charge in [0, 0.05) is 37.0 Å². The first-order valence-electron chi connectivity index (χ1n) is 7.51. The van der Waals surface area contributed by atoms with Crippen LogP contribution in [0.5, 0.6) is 0 Å². The first-order chi connectivity index (χ1) is 10.2. The van der Waals surface area contributed by atoms with Gasteiger partial charge in [0.2, 0.25) is 0 Å². The number of piperidine rings is 1. The number of likely N-dealkylation sites (tertiary alicyclic amines) is 1. The van der Waals surface area contributed by atoms with Crippen molar-refractivity contribution in [2.75, 3.05) is 25.0 Å². The van der Waals surface area contributed by atoms with Crippen LogP contribution in [-0.4, -0.2) is 40.7 Å². The largest absolute Gasteiger partial charge is 0.395 e. The lowest BCUT2D eigenvalue weighted by atomic mass is 10.0. The van der Waals surface area contributed by atoms with Gasteiger partial charge in [-0.25, -0.2) is 0 Å². The molecule has 2 rings (SSSR count). The number of non-ortho nitro benzene ring substituents is 1. The van der Waals surface area contributed by atoms with Crippen molar-refractivity contribution in [1.29, 1.82) is 0 Å². The quantitative estimate of drug-likeness (QED) is 0.622. The van der Waals surface area contributed by atoms with E-state index in [2.05, 4.69) is 10.2 Å². The van der Waals surface area contributed by atoms with Crippen LogP contribution < -0.4 is 5.32 Å². The molecule has 6 nitrogen and oxygen atoms in total. The number of aliphatic hydroxyl groups excluding tert-OH is 1. The van der Waals surface area contributed by atoms with E-state index in [0.29, 0.717) is 6.54 Å². The Hall–Kier alpha value is -1.66. The van der Waals surface area contributed by atoms with Gasteiger partial charge in [0.1, 0.15) is 0 Å². The van der Waals surface area contributed by atoms with Gasteiger partial charge >= 0.3 is 0 Å². The predicted molar refractivity (Wildman–Crippen MR) is 82.4 cm³/mol. The molecule has 6 heteroatoms. The molecule has 1 aliphatic rings. The number of benzene rings is 1. The first-order valence-corrected chi connectivity index (χ1v) is 7.51. The fourth-order valence-electron chi connectivity index (χ4n) is 2.88. The molecule has 1 atom stereocenters. The fraction of sp³-hybridized carbons (Fsp3) is 0.600. The Balaban J connectivity index is 2.22. The Morgan fingerprint density at radius 2 is 2.29 bits per heavy atom. The number of aliphatic hydroxyl groups is 1. The minimum Gasteiger partial charge on any atom is -0.395 e. The number of hydrogen-bond donors (Lipinski definition) is 2. The molecule has 1 fully saturated rings. The topological polar surface area (TPSA) is 78.6 Å². The van der Waals surface area contributed by atoms with Crippen LogP contribution in [0.15, 0.2) is 18.2 Å². The molecular formula is C15H23N3O3. The van der Waals surface area contributed by atoms with Gasteiger partial charge in [-0.1, -0.05) is 6.42 Å². The molecule has 1 saturated heterocycles. The van der Waals surface area contributed by atoms with Gasteiger partial charge in [0.15, 0.2) is 0 Å². The highest BCUT2D eigenvalue weighted by Gasteiger charge is 2.23. The van der Waals surface area contributed by atoms with Crippen molar-refractivity contribution < 1.29 is 10.0 Å². The van der Waals surface area contributed by atoms with Crippen LogP contribution in [0.2, 0.25) is 0 Å². The molecular weight excluding hydrogens is 270 g/mol. The number of hydrogen-bond acceptors (Lipinski definition) is 5. The highest BCUT2D eigenvalue weighted by atomic mass is 16.6. The molecule has 1 aromatic rings. The number of nitro benzene ring substituents is 1. The lowest BCUT2D eigenvalue weighted by molar-refractivity contribution is -0.384. The van der Waals surface area contributed by atoms with E-state index in [9.17, 15) is 15.2 Å². The second-order valence-corrected chi connectivity index (χ2v) is 5.43. The fourth-order valence-corrected chi connectivity index (χ4v) is 2.88. The summed E-state index contributed by atoms with van der Waals surface area (Å²) in [7, 11) is 0. The van der Waals surface area contributed by atoms with Crippen LogP contribution in [0.3, 0.4) is 0 Å². The third-order valence-electron chi connectivity index (χ3n) is 4.00. The smallest absolute Gasteiger partial charge is 0.269 e. The predicted octanol–water partition coefficient (Wildman–Crippen LogP) is 2.37. The van der Waals surface area contributed by atoms with Gasteiger partial charge in [-0.2, -0.15) is 0 Å². The third kappa shape index (κ3) is 3.92. The molecule has 21 heavy (non-hydrogen) atoms. The van der Waals surface area contributed by atoms with Crippen LogP contribution in [0.1, 0.15) is 31.7 Å². The molecule has 0 bridgehead atoms. The number of anilines is 1. The maximum Gasteiger partial charge on any atom is 0.269 e. The number of nitrogens with one attached hydrogen (secondary N) is 1. The molecule has 1 heterocycles. The summed E-state index contributed by atoms with van der Waals surface area (Å²) in [6.07, 6.45) is 3.24. The highest BCUT2D eigenvalue weighted by molar-refractivity contribution is 5.56. The molecule has 0 aliphatic carbocycles. The van der Waals surface area contributed by atoms with Gasteiger partial charge in [-0.05, 0) is 37.9 Å². The van der Waals surface area contributed by atoms with Crippen molar-refractivity contribution in [1.82, 2.24) is 4.90 Å². The van der Waals surface area contributed by atoms with Gasteiger partial charge < -0.3 is 10.4 Å². The van der Waals surface area contributed by atoms with E-state index >= 15 is 0 Å². The maximum absolute atomic E-state index is 11.0. The average molecular weight is 293 g/mol. The van der Waals surface area contributed by atoms with E-state index in [-0.39, 0.29) is 23.3 Å². The van der Waals surface area contributed by atoms with E-state index in [1.54, 1.807) is 12.1 Å². The van der Waals surface area contributed by atoms with Crippen LogP contribution in [-0.2, 0) is 6.54 Å². The lowest BCUT2D eigenvalue weighted by Crippen LogP contribution is -2.41. The van der Waals surface area contributed by atoms with Crippen LogP contribution in [0.4, 0.5) is 11.4 Å². The van der Waals surface area contributed by atoms with Crippen molar-refractivity contribution in [3.05, 3.63) is 33.9 Å². The highest BCUT2D eigenvalue weighted by Crippen LogP contribution is 2.26.